The number of aromatic nitrogens is 1. The molecular formula is C39H22N2O2S. The van der Waals surface area contributed by atoms with Crippen LogP contribution in [0.5, 0.6) is 0 Å². The van der Waals surface area contributed by atoms with Crippen LogP contribution in [0.25, 0.3) is 75.0 Å². The van der Waals surface area contributed by atoms with Crippen LogP contribution in [-0.2, 0) is 0 Å². The molecule has 0 unspecified atom stereocenters. The Labute approximate surface area is 255 Å². The molecule has 0 radical (unpaired) electrons. The zero-order valence-electron chi connectivity index (χ0n) is 23.3. The highest BCUT2D eigenvalue weighted by Crippen LogP contribution is 2.44. The summed E-state index contributed by atoms with van der Waals surface area (Å²) in [6.45, 7) is 0. The Balaban J connectivity index is 1.23. The van der Waals surface area contributed by atoms with Crippen molar-refractivity contribution in [2.24, 2.45) is 0 Å². The third kappa shape index (κ3) is 3.47. The summed E-state index contributed by atoms with van der Waals surface area (Å²) in [6, 6.07) is 44.8. The Bertz CT molecular complexity index is 2750. The minimum atomic E-state index is 0.864. The summed E-state index contributed by atoms with van der Waals surface area (Å²) in [6.07, 6.45) is 1.86. The molecule has 0 amide bonds. The molecule has 0 saturated carbocycles. The molecule has 6 aromatic carbocycles. The Morgan fingerprint density at radius 1 is 0.455 bits per heavy atom. The van der Waals surface area contributed by atoms with Crippen molar-refractivity contribution in [1.29, 1.82) is 0 Å². The maximum Gasteiger partial charge on any atom is 0.137 e. The van der Waals surface area contributed by atoms with E-state index in [0.29, 0.717) is 0 Å². The maximum absolute atomic E-state index is 6.34. The Kier molecular flexibility index (Phi) is 4.84. The van der Waals surface area contributed by atoms with Crippen LogP contribution in [0.4, 0.5) is 17.1 Å². The predicted molar refractivity (Wildman–Crippen MR) is 184 cm³/mol. The van der Waals surface area contributed by atoms with E-state index < -0.39 is 0 Å². The highest BCUT2D eigenvalue weighted by Gasteiger charge is 2.19. The van der Waals surface area contributed by atoms with Gasteiger partial charge in [0.2, 0.25) is 0 Å². The van der Waals surface area contributed by atoms with Crippen LogP contribution in [0.3, 0.4) is 0 Å². The number of anilines is 3. The summed E-state index contributed by atoms with van der Waals surface area (Å²) in [5.74, 6) is 0. The molecule has 0 aliphatic carbocycles. The summed E-state index contributed by atoms with van der Waals surface area (Å²) in [5.41, 5.74) is 7.67. The van der Waals surface area contributed by atoms with Crippen molar-refractivity contribution in [3.63, 3.8) is 0 Å². The lowest BCUT2D eigenvalue weighted by Gasteiger charge is -2.25. The van der Waals surface area contributed by atoms with E-state index in [4.69, 9.17) is 8.83 Å². The van der Waals surface area contributed by atoms with Crippen molar-refractivity contribution < 1.29 is 8.83 Å². The molecule has 4 aromatic heterocycles. The summed E-state index contributed by atoms with van der Waals surface area (Å²) in [4.78, 5) is 6.96. The first-order valence-electron chi connectivity index (χ1n) is 14.6. The van der Waals surface area contributed by atoms with E-state index in [-0.39, 0.29) is 0 Å². The molecule has 0 saturated heterocycles. The quantitative estimate of drug-likeness (QED) is 0.208. The molecule has 4 heterocycles. The van der Waals surface area contributed by atoms with Crippen molar-refractivity contribution in [3.8, 4) is 0 Å². The van der Waals surface area contributed by atoms with Crippen LogP contribution >= 0.6 is 11.3 Å². The van der Waals surface area contributed by atoms with Crippen LogP contribution in [0, 0.1) is 0 Å². The van der Waals surface area contributed by atoms with E-state index in [1.165, 1.54) is 20.2 Å². The second-order valence-corrected chi connectivity index (χ2v) is 12.3. The van der Waals surface area contributed by atoms with Crippen LogP contribution in [0.1, 0.15) is 0 Å². The molecule has 0 bridgehead atoms. The van der Waals surface area contributed by atoms with Crippen molar-refractivity contribution >= 4 is 103 Å². The number of hydrogen-bond acceptors (Lipinski definition) is 5. The predicted octanol–water partition coefficient (Wildman–Crippen LogP) is 11.9. The molecule has 10 rings (SSSR count). The second-order valence-electron chi connectivity index (χ2n) is 11.2. The van der Waals surface area contributed by atoms with Crippen LogP contribution in [0.2, 0.25) is 0 Å². The summed E-state index contributed by atoms with van der Waals surface area (Å²) in [5, 5.41) is 8.04. The van der Waals surface area contributed by atoms with Crippen molar-refractivity contribution in [1.82, 2.24) is 4.98 Å². The van der Waals surface area contributed by atoms with Crippen LogP contribution in [0.15, 0.2) is 142 Å². The third-order valence-corrected chi connectivity index (χ3v) is 9.81. The van der Waals surface area contributed by atoms with Crippen LogP contribution in [-0.4, -0.2) is 4.98 Å². The number of thiophene rings is 1. The molecule has 0 fully saturated rings. The van der Waals surface area contributed by atoms with Gasteiger partial charge in [0.15, 0.2) is 0 Å². The van der Waals surface area contributed by atoms with Gasteiger partial charge in [0.05, 0.1) is 5.52 Å². The van der Waals surface area contributed by atoms with Gasteiger partial charge in [-0.25, -0.2) is 0 Å². The molecule has 4 nitrogen and oxygen atoms in total. The standard InChI is InChI=1S/C39H22N2O2S/c1-3-9-34-27(7-1)29-14-11-26(21-37(29)43-34)41(24-12-15-36-30(19-24)28-8-2-4-10-35(28)42-36)25-13-16-38-31(20-25)32-22-33-23(6-5-17-40-33)18-39(32)44-38/h1-22H. The van der Waals surface area contributed by atoms with E-state index in [0.717, 1.165) is 71.8 Å². The fourth-order valence-electron chi connectivity index (χ4n) is 6.62. The lowest BCUT2D eigenvalue weighted by Crippen LogP contribution is -2.09. The molecule has 0 atom stereocenters. The third-order valence-electron chi connectivity index (χ3n) is 8.67. The lowest BCUT2D eigenvalue weighted by molar-refractivity contribution is 0.668. The first-order chi connectivity index (χ1) is 21.8. The molecule has 44 heavy (non-hydrogen) atoms. The number of fused-ring (bicyclic) bond motifs is 10. The number of hydrogen-bond donors (Lipinski definition) is 0. The van der Waals surface area contributed by atoms with Crippen molar-refractivity contribution in [2.45, 2.75) is 0 Å². The minimum Gasteiger partial charge on any atom is -0.456 e. The van der Waals surface area contributed by atoms with Gasteiger partial charge in [-0.2, -0.15) is 0 Å². The van der Waals surface area contributed by atoms with E-state index in [1.54, 1.807) is 0 Å². The van der Waals surface area contributed by atoms with E-state index in [1.807, 2.05) is 47.9 Å². The van der Waals surface area contributed by atoms with E-state index in [9.17, 15) is 0 Å². The smallest absolute Gasteiger partial charge is 0.137 e. The molecule has 206 valence electrons. The molecule has 5 heteroatoms. The fourth-order valence-corrected chi connectivity index (χ4v) is 7.74. The Morgan fingerprint density at radius 3 is 1.95 bits per heavy atom. The van der Waals surface area contributed by atoms with Crippen LogP contribution < -0.4 is 4.90 Å². The summed E-state index contributed by atoms with van der Waals surface area (Å²) in [7, 11) is 0. The molecule has 10 aromatic rings. The maximum atomic E-state index is 6.34. The van der Waals surface area contributed by atoms with Gasteiger partial charge in [0.1, 0.15) is 22.3 Å². The average molecular weight is 583 g/mol. The van der Waals surface area contributed by atoms with Crippen molar-refractivity contribution in [2.75, 3.05) is 4.90 Å². The number of furan rings is 2. The second kappa shape index (κ2) is 8.93. The minimum absolute atomic E-state index is 0.864. The largest absolute Gasteiger partial charge is 0.456 e. The summed E-state index contributed by atoms with van der Waals surface area (Å²) >= 11 is 1.82. The molecular weight excluding hydrogens is 561 g/mol. The first kappa shape index (κ1) is 23.9. The number of nitrogens with zero attached hydrogens (tertiary/aromatic N) is 2. The Hall–Kier alpha value is -5.65. The van der Waals surface area contributed by atoms with E-state index in [2.05, 4.69) is 107 Å². The van der Waals surface area contributed by atoms with Gasteiger partial charge >= 0.3 is 0 Å². The molecule has 0 N–H and O–H groups in total. The summed E-state index contributed by atoms with van der Waals surface area (Å²) < 4.78 is 15.0. The molecule has 0 spiro atoms. The van der Waals surface area contributed by atoms with Crippen molar-refractivity contribution in [3.05, 3.63) is 134 Å². The normalized spacial score (nSPS) is 12.1. The monoisotopic (exact) mass is 582 g/mol. The van der Waals surface area contributed by atoms with Gasteiger partial charge in [-0.3, -0.25) is 4.98 Å². The first-order valence-corrected chi connectivity index (χ1v) is 15.4. The Morgan fingerprint density at radius 2 is 1.09 bits per heavy atom. The number of benzene rings is 6. The topological polar surface area (TPSA) is 42.4 Å². The zero-order valence-corrected chi connectivity index (χ0v) is 24.1. The molecule has 0 aliphatic heterocycles. The van der Waals surface area contributed by atoms with E-state index >= 15 is 0 Å². The fraction of sp³-hybridized carbons (Fsp3) is 0. The number of para-hydroxylation sites is 2. The van der Waals surface area contributed by atoms with Gasteiger partial charge in [0.25, 0.3) is 0 Å². The van der Waals surface area contributed by atoms with Gasteiger partial charge in [-0.05, 0) is 78.9 Å². The SMILES string of the molecule is c1cnc2cc3c(cc2c1)sc1ccc(N(c2ccc4c(c2)oc2ccccc24)c2ccc4oc5ccccc5c4c2)cc13. The van der Waals surface area contributed by atoms with Gasteiger partial charge < -0.3 is 13.7 Å². The van der Waals surface area contributed by atoms with Gasteiger partial charge in [-0.1, -0.05) is 42.5 Å². The lowest BCUT2D eigenvalue weighted by atomic mass is 10.1. The zero-order chi connectivity index (χ0) is 28.8. The average Bonchev–Trinajstić information content (AvgIpc) is 3.74. The van der Waals surface area contributed by atoms with Gasteiger partial charge in [0, 0.05) is 76.4 Å². The number of pyridine rings is 1. The highest BCUT2D eigenvalue weighted by atomic mass is 32.1. The number of rotatable bonds is 3. The molecule has 0 aliphatic rings. The van der Waals surface area contributed by atoms with Gasteiger partial charge in [-0.15, -0.1) is 11.3 Å². The highest BCUT2D eigenvalue weighted by molar-refractivity contribution is 7.25.